The summed E-state index contributed by atoms with van der Waals surface area (Å²) in [4.78, 5) is 1.15. The van der Waals surface area contributed by atoms with Gasteiger partial charge in [0, 0.05) is 18.0 Å². The number of thiophene rings is 1. The van der Waals surface area contributed by atoms with Crippen LogP contribution in [0.25, 0.3) is 0 Å². The number of anilines is 1. The Labute approximate surface area is 131 Å². The van der Waals surface area contributed by atoms with Gasteiger partial charge in [-0.15, -0.1) is 11.3 Å². The fraction of sp³-hybridized carbons (Fsp3) is 0.231. The molecular weight excluding hydrogens is 360 g/mol. The van der Waals surface area contributed by atoms with Crippen LogP contribution in [-0.4, -0.2) is 19.3 Å². The number of hydrogen-bond donors (Lipinski definition) is 1. The lowest BCUT2D eigenvalue weighted by atomic mass is 10.3. The quantitative estimate of drug-likeness (QED) is 0.816. The second-order valence-corrected chi connectivity index (χ2v) is 8.63. The summed E-state index contributed by atoms with van der Waals surface area (Å²) in [6, 6.07) is 10.4. The molecule has 108 valence electrons. The van der Waals surface area contributed by atoms with Crippen molar-refractivity contribution in [2.24, 2.45) is 0 Å². The highest BCUT2D eigenvalue weighted by molar-refractivity contribution is 9.11. The highest BCUT2D eigenvalue weighted by atomic mass is 79.9. The van der Waals surface area contributed by atoms with E-state index < -0.39 is 10.0 Å². The molecule has 0 amide bonds. The average Bonchev–Trinajstić information content (AvgIpc) is 2.81. The molecule has 1 aromatic carbocycles. The van der Waals surface area contributed by atoms with E-state index in [0.29, 0.717) is 13.1 Å². The number of hydrogen-bond acceptors (Lipinski definition) is 4. The summed E-state index contributed by atoms with van der Waals surface area (Å²) in [6.07, 6.45) is 0. The van der Waals surface area contributed by atoms with Crippen molar-refractivity contribution < 1.29 is 8.42 Å². The van der Waals surface area contributed by atoms with Gasteiger partial charge < -0.3 is 5.73 Å². The molecule has 0 unspecified atom stereocenters. The van der Waals surface area contributed by atoms with Gasteiger partial charge in [0.2, 0.25) is 10.0 Å². The summed E-state index contributed by atoms with van der Waals surface area (Å²) in [5, 5.41) is 0. The molecule has 2 N–H and O–H groups in total. The minimum Gasteiger partial charge on any atom is -0.398 e. The summed E-state index contributed by atoms with van der Waals surface area (Å²) in [5.74, 6) is 0. The summed E-state index contributed by atoms with van der Waals surface area (Å²) in [7, 11) is -3.57. The third-order valence-corrected chi connectivity index (χ3v) is 6.45. The Morgan fingerprint density at radius 3 is 2.50 bits per heavy atom. The monoisotopic (exact) mass is 374 g/mol. The molecule has 0 aliphatic rings. The number of para-hydroxylation sites is 1. The average molecular weight is 375 g/mol. The lowest BCUT2D eigenvalue weighted by Gasteiger charge is -2.20. The second-order valence-electron chi connectivity index (χ2n) is 4.17. The van der Waals surface area contributed by atoms with Crippen LogP contribution >= 0.6 is 27.3 Å². The molecule has 2 aromatic rings. The molecule has 7 heteroatoms. The van der Waals surface area contributed by atoms with E-state index in [0.717, 1.165) is 8.66 Å². The van der Waals surface area contributed by atoms with Crippen molar-refractivity contribution in [2.45, 2.75) is 18.4 Å². The third-order valence-electron chi connectivity index (χ3n) is 2.85. The van der Waals surface area contributed by atoms with E-state index in [-0.39, 0.29) is 10.6 Å². The van der Waals surface area contributed by atoms with Gasteiger partial charge in [-0.1, -0.05) is 19.1 Å². The molecule has 0 radical (unpaired) electrons. The summed E-state index contributed by atoms with van der Waals surface area (Å²) in [5.41, 5.74) is 6.06. The second kappa shape index (κ2) is 6.26. The summed E-state index contributed by atoms with van der Waals surface area (Å²) >= 11 is 4.91. The zero-order valence-electron chi connectivity index (χ0n) is 10.9. The molecule has 0 saturated heterocycles. The van der Waals surface area contributed by atoms with Crippen molar-refractivity contribution in [2.75, 3.05) is 12.3 Å². The number of sulfonamides is 1. The maximum absolute atomic E-state index is 12.6. The van der Waals surface area contributed by atoms with Crippen molar-refractivity contribution in [1.29, 1.82) is 0 Å². The fourth-order valence-electron chi connectivity index (χ4n) is 1.83. The molecule has 4 nitrogen and oxygen atoms in total. The first-order valence-electron chi connectivity index (χ1n) is 6.04. The standard InChI is InChI=1S/C13H15BrN2O2S2/c1-2-16(9-10-7-8-13(14)19-10)20(17,18)12-6-4-3-5-11(12)15/h3-8H,2,9,15H2,1H3. The number of nitrogens with two attached hydrogens (primary N) is 1. The van der Waals surface area contributed by atoms with Crippen LogP contribution in [0.15, 0.2) is 45.1 Å². The van der Waals surface area contributed by atoms with Gasteiger partial charge in [0.05, 0.1) is 9.47 Å². The Hall–Kier alpha value is -0.890. The Kier molecular flexibility index (Phi) is 4.85. The molecule has 20 heavy (non-hydrogen) atoms. The minimum atomic E-state index is -3.57. The first-order chi connectivity index (χ1) is 9.45. The Morgan fingerprint density at radius 2 is 1.95 bits per heavy atom. The van der Waals surface area contributed by atoms with E-state index in [1.807, 2.05) is 19.1 Å². The van der Waals surface area contributed by atoms with E-state index in [2.05, 4.69) is 15.9 Å². The van der Waals surface area contributed by atoms with Gasteiger partial charge >= 0.3 is 0 Å². The SMILES string of the molecule is CCN(Cc1ccc(Br)s1)S(=O)(=O)c1ccccc1N. The van der Waals surface area contributed by atoms with Crippen molar-refractivity contribution in [3.63, 3.8) is 0 Å². The van der Waals surface area contributed by atoms with Crippen LogP contribution < -0.4 is 5.73 Å². The van der Waals surface area contributed by atoms with Crippen molar-refractivity contribution in [1.82, 2.24) is 4.31 Å². The molecule has 0 fully saturated rings. The van der Waals surface area contributed by atoms with E-state index in [4.69, 9.17) is 5.73 Å². The lowest BCUT2D eigenvalue weighted by Crippen LogP contribution is -2.30. The van der Waals surface area contributed by atoms with E-state index >= 15 is 0 Å². The summed E-state index contributed by atoms with van der Waals surface area (Å²) < 4.78 is 27.7. The van der Waals surface area contributed by atoms with Crippen LogP contribution in [0.4, 0.5) is 5.69 Å². The Balaban J connectivity index is 2.33. The van der Waals surface area contributed by atoms with Gasteiger partial charge in [-0.3, -0.25) is 0 Å². The number of nitrogens with zero attached hydrogens (tertiary/aromatic N) is 1. The predicted molar refractivity (Wildman–Crippen MR) is 86.1 cm³/mol. The largest absolute Gasteiger partial charge is 0.398 e. The number of benzene rings is 1. The smallest absolute Gasteiger partial charge is 0.245 e. The van der Waals surface area contributed by atoms with Crippen LogP contribution in [0, 0.1) is 0 Å². The molecule has 2 rings (SSSR count). The Bertz CT molecular complexity index is 698. The Morgan fingerprint density at radius 1 is 1.25 bits per heavy atom. The zero-order valence-corrected chi connectivity index (χ0v) is 14.1. The van der Waals surface area contributed by atoms with Crippen LogP contribution in [0.3, 0.4) is 0 Å². The van der Waals surface area contributed by atoms with Crippen molar-refractivity contribution >= 4 is 43.0 Å². The normalized spacial score (nSPS) is 11.9. The third kappa shape index (κ3) is 3.22. The topological polar surface area (TPSA) is 63.4 Å². The van der Waals surface area contributed by atoms with Crippen molar-refractivity contribution in [3.8, 4) is 0 Å². The van der Waals surface area contributed by atoms with Gasteiger partial charge in [-0.05, 0) is 40.2 Å². The molecule has 0 saturated carbocycles. The van der Waals surface area contributed by atoms with Gasteiger partial charge in [-0.25, -0.2) is 8.42 Å². The molecule has 0 aliphatic heterocycles. The van der Waals surface area contributed by atoms with Gasteiger partial charge in [-0.2, -0.15) is 4.31 Å². The van der Waals surface area contributed by atoms with Crippen LogP contribution in [-0.2, 0) is 16.6 Å². The molecule has 0 bridgehead atoms. The van der Waals surface area contributed by atoms with Crippen LogP contribution in [0.5, 0.6) is 0 Å². The van der Waals surface area contributed by atoms with Gasteiger partial charge in [0.25, 0.3) is 0 Å². The van der Waals surface area contributed by atoms with Crippen molar-refractivity contribution in [3.05, 3.63) is 45.1 Å². The molecule has 0 atom stereocenters. The van der Waals surface area contributed by atoms with Gasteiger partial charge in [0.15, 0.2) is 0 Å². The number of rotatable bonds is 5. The van der Waals surface area contributed by atoms with E-state index in [9.17, 15) is 8.42 Å². The minimum absolute atomic E-state index is 0.164. The summed E-state index contributed by atoms with van der Waals surface area (Å²) in [6.45, 7) is 2.56. The molecule has 0 aliphatic carbocycles. The highest BCUT2D eigenvalue weighted by Crippen LogP contribution is 2.27. The maximum Gasteiger partial charge on any atom is 0.245 e. The molecule has 0 spiro atoms. The molecule has 1 aromatic heterocycles. The molecule has 1 heterocycles. The zero-order chi connectivity index (χ0) is 14.8. The fourth-order valence-corrected chi connectivity index (χ4v) is 4.96. The number of nitrogen functional groups attached to an aromatic ring is 1. The van der Waals surface area contributed by atoms with Crippen LogP contribution in [0.1, 0.15) is 11.8 Å². The lowest BCUT2D eigenvalue weighted by molar-refractivity contribution is 0.426. The first kappa shape index (κ1) is 15.5. The first-order valence-corrected chi connectivity index (χ1v) is 9.09. The van der Waals surface area contributed by atoms with E-state index in [1.54, 1.807) is 18.2 Å². The van der Waals surface area contributed by atoms with E-state index in [1.165, 1.54) is 21.7 Å². The maximum atomic E-state index is 12.6. The number of halogens is 1. The van der Waals surface area contributed by atoms with Gasteiger partial charge in [0.1, 0.15) is 4.90 Å². The highest BCUT2D eigenvalue weighted by Gasteiger charge is 2.25. The van der Waals surface area contributed by atoms with Crippen LogP contribution in [0.2, 0.25) is 0 Å². The molecular formula is C13H15BrN2O2S2. The predicted octanol–water partition coefficient (Wildman–Crippen LogP) is 3.30.